The van der Waals surface area contributed by atoms with Gasteiger partial charge in [-0.2, -0.15) is 0 Å². The van der Waals surface area contributed by atoms with Gasteiger partial charge < -0.3 is 4.74 Å². The lowest BCUT2D eigenvalue weighted by Gasteiger charge is -2.01. The largest absolute Gasteiger partial charge is 0.466 e. The van der Waals surface area contributed by atoms with Crippen LogP contribution in [-0.4, -0.2) is 12.6 Å². The zero-order chi connectivity index (χ0) is 16.3. The highest BCUT2D eigenvalue weighted by Crippen LogP contribution is 2.07. The van der Waals surface area contributed by atoms with Gasteiger partial charge in [0.05, 0.1) is 13.0 Å². The highest BCUT2D eigenvalue weighted by atomic mass is 16.5. The third kappa shape index (κ3) is 16.6. The van der Waals surface area contributed by atoms with Crippen molar-refractivity contribution in [1.29, 1.82) is 0 Å². The molecule has 0 spiro atoms. The fourth-order valence-corrected chi connectivity index (χ4v) is 2.06. The molecular formula is C20H32O2. The maximum Gasteiger partial charge on any atom is 0.305 e. The topological polar surface area (TPSA) is 26.3 Å². The van der Waals surface area contributed by atoms with Gasteiger partial charge in [0.25, 0.3) is 0 Å². The fraction of sp³-hybridized carbons (Fsp3) is 0.750. The predicted molar refractivity (Wildman–Crippen MR) is 93.3 cm³/mol. The summed E-state index contributed by atoms with van der Waals surface area (Å²) in [7, 11) is 0. The van der Waals surface area contributed by atoms with Gasteiger partial charge in [-0.15, -0.1) is 11.8 Å². The molecule has 0 aromatic rings. The fourth-order valence-electron chi connectivity index (χ4n) is 2.06. The van der Waals surface area contributed by atoms with Gasteiger partial charge in [-0.1, -0.05) is 50.9 Å². The highest BCUT2D eigenvalue weighted by Gasteiger charge is 2.00. The van der Waals surface area contributed by atoms with Crippen LogP contribution in [0.15, 0.2) is 0 Å². The molecule has 0 saturated carbocycles. The lowest BCUT2D eigenvalue weighted by atomic mass is 10.1. The lowest BCUT2D eigenvalue weighted by molar-refractivity contribution is -0.143. The standard InChI is InChI=1S/C20H32O2/c1-3-5-6-7-8-9-10-11-12-13-14-15-16-17-18-19-20(21)22-4-2/h3-7,10,13-19H2,1-2H3. The predicted octanol–water partition coefficient (Wildman–Crippen LogP) is 5.26. The Balaban J connectivity index is 3.29. The Hall–Kier alpha value is -1.41. The molecule has 2 heteroatoms. The van der Waals surface area contributed by atoms with Crippen LogP contribution in [0.25, 0.3) is 0 Å². The molecule has 0 aromatic carbocycles. The van der Waals surface area contributed by atoms with E-state index in [4.69, 9.17) is 4.74 Å². The SMILES string of the molecule is CCCCCC#CCC#CCCCCCCCC(=O)OCC. The smallest absolute Gasteiger partial charge is 0.305 e. The quantitative estimate of drug-likeness (QED) is 0.296. The molecule has 22 heavy (non-hydrogen) atoms. The number of unbranched alkanes of at least 4 members (excludes halogenated alkanes) is 8. The van der Waals surface area contributed by atoms with E-state index in [0.29, 0.717) is 19.4 Å². The monoisotopic (exact) mass is 304 g/mol. The van der Waals surface area contributed by atoms with Crippen LogP contribution in [0, 0.1) is 23.7 Å². The first-order valence-corrected chi connectivity index (χ1v) is 8.88. The molecule has 0 rings (SSSR count). The first kappa shape index (κ1) is 20.6. The second-order valence-electron chi connectivity index (χ2n) is 5.41. The Labute approximate surface area is 137 Å². The van der Waals surface area contributed by atoms with Gasteiger partial charge in [-0.05, 0) is 26.2 Å². The van der Waals surface area contributed by atoms with E-state index in [1.165, 1.54) is 32.1 Å². The summed E-state index contributed by atoms with van der Waals surface area (Å²) in [6.45, 7) is 4.54. The van der Waals surface area contributed by atoms with Gasteiger partial charge in [-0.25, -0.2) is 0 Å². The van der Waals surface area contributed by atoms with E-state index in [-0.39, 0.29) is 5.97 Å². The van der Waals surface area contributed by atoms with Crippen LogP contribution < -0.4 is 0 Å². The van der Waals surface area contributed by atoms with Gasteiger partial charge in [0.1, 0.15) is 0 Å². The normalized spacial score (nSPS) is 9.36. The Morgan fingerprint density at radius 1 is 0.773 bits per heavy atom. The zero-order valence-corrected chi connectivity index (χ0v) is 14.5. The highest BCUT2D eigenvalue weighted by molar-refractivity contribution is 5.69. The Bertz CT molecular complexity index is 376. The summed E-state index contributed by atoms with van der Waals surface area (Å²) < 4.78 is 4.89. The molecule has 0 atom stereocenters. The van der Waals surface area contributed by atoms with Crippen molar-refractivity contribution < 1.29 is 9.53 Å². The summed E-state index contributed by atoms with van der Waals surface area (Å²) in [5, 5.41) is 0. The summed E-state index contributed by atoms with van der Waals surface area (Å²) in [4.78, 5) is 11.1. The second-order valence-corrected chi connectivity index (χ2v) is 5.41. The van der Waals surface area contributed by atoms with Crippen molar-refractivity contribution in [2.24, 2.45) is 0 Å². The van der Waals surface area contributed by atoms with Crippen molar-refractivity contribution in [1.82, 2.24) is 0 Å². The molecule has 0 N–H and O–H groups in total. The third-order valence-corrected chi connectivity index (χ3v) is 3.32. The Morgan fingerprint density at radius 3 is 2.00 bits per heavy atom. The van der Waals surface area contributed by atoms with Gasteiger partial charge in [-0.3, -0.25) is 4.79 Å². The van der Waals surface area contributed by atoms with Gasteiger partial charge in [0, 0.05) is 19.3 Å². The molecule has 0 radical (unpaired) electrons. The molecule has 2 nitrogen and oxygen atoms in total. The van der Waals surface area contributed by atoms with E-state index in [1.807, 2.05) is 6.92 Å². The van der Waals surface area contributed by atoms with Crippen LogP contribution in [-0.2, 0) is 9.53 Å². The van der Waals surface area contributed by atoms with Crippen molar-refractivity contribution in [3.63, 3.8) is 0 Å². The number of rotatable bonds is 11. The molecule has 0 amide bonds. The Kier molecular flexibility index (Phi) is 16.5. The van der Waals surface area contributed by atoms with Gasteiger partial charge in [0.15, 0.2) is 0 Å². The summed E-state index contributed by atoms with van der Waals surface area (Å²) >= 11 is 0. The van der Waals surface area contributed by atoms with E-state index in [2.05, 4.69) is 30.6 Å². The maximum absolute atomic E-state index is 11.1. The molecular weight excluding hydrogens is 272 g/mol. The van der Waals surface area contributed by atoms with Crippen molar-refractivity contribution >= 4 is 5.97 Å². The zero-order valence-electron chi connectivity index (χ0n) is 14.5. The maximum atomic E-state index is 11.1. The molecule has 124 valence electrons. The molecule has 0 aliphatic carbocycles. The summed E-state index contributed by atoms with van der Waals surface area (Å²) in [5.41, 5.74) is 0. The molecule has 0 aliphatic heterocycles. The number of ether oxygens (including phenoxy) is 1. The summed E-state index contributed by atoms with van der Waals surface area (Å²) in [6, 6.07) is 0. The van der Waals surface area contributed by atoms with E-state index in [1.54, 1.807) is 0 Å². The van der Waals surface area contributed by atoms with E-state index < -0.39 is 0 Å². The second kappa shape index (κ2) is 17.6. The van der Waals surface area contributed by atoms with Crippen LogP contribution in [0.4, 0.5) is 0 Å². The molecule has 0 heterocycles. The van der Waals surface area contributed by atoms with Crippen molar-refractivity contribution in [2.45, 2.75) is 90.9 Å². The van der Waals surface area contributed by atoms with E-state index in [9.17, 15) is 4.79 Å². The van der Waals surface area contributed by atoms with Crippen LogP contribution in [0.2, 0.25) is 0 Å². The van der Waals surface area contributed by atoms with E-state index in [0.717, 1.165) is 32.1 Å². The van der Waals surface area contributed by atoms with Crippen LogP contribution in [0.5, 0.6) is 0 Å². The average molecular weight is 304 g/mol. The van der Waals surface area contributed by atoms with Crippen LogP contribution in [0.1, 0.15) is 90.9 Å². The number of carbonyl (C=O) groups is 1. The minimum absolute atomic E-state index is 0.0656. The molecule has 0 fully saturated rings. The summed E-state index contributed by atoms with van der Waals surface area (Å²) in [6.07, 6.45) is 12.6. The molecule has 0 aliphatic rings. The molecule has 0 aromatic heterocycles. The van der Waals surface area contributed by atoms with Crippen LogP contribution in [0.3, 0.4) is 0 Å². The number of hydrogen-bond acceptors (Lipinski definition) is 2. The first-order chi connectivity index (χ1) is 10.8. The van der Waals surface area contributed by atoms with Crippen LogP contribution >= 0.6 is 0 Å². The minimum atomic E-state index is -0.0656. The van der Waals surface area contributed by atoms with Crippen molar-refractivity contribution in [2.75, 3.05) is 6.61 Å². The third-order valence-electron chi connectivity index (χ3n) is 3.32. The van der Waals surface area contributed by atoms with Crippen molar-refractivity contribution in [3.05, 3.63) is 0 Å². The van der Waals surface area contributed by atoms with E-state index >= 15 is 0 Å². The van der Waals surface area contributed by atoms with Crippen molar-refractivity contribution in [3.8, 4) is 23.7 Å². The Morgan fingerprint density at radius 2 is 1.36 bits per heavy atom. The molecule has 0 saturated heterocycles. The number of carbonyl (C=O) groups excluding carboxylic acids is 1. The lowest BCUT2D eigenvalue weighted by Crippen LogP contribution is -2.03. The minimum Gasteiger partial charge on any atom is -0.466 e. The first-order valence-electron chi connectivity index (χ1n) is 8.88. The molecule has 0 unspecified atom stereocenters. The average Bonchev–Trinajstić information content (AvgIpc) is 2.51. The van der Waals surface area contributed by atoms with Gasteiger partial charge in [0.2, 0.25) is 0 Å². The molecule has 0 bridgehead atoms. The number of hydrogen-bond donors (Lipinski definition) is 0. The van der Waals surface area contributed by atoms with Gasteiger partial charge >= 0.3 is 5.97 Å². The number of esters is 1. The summed E-state index contributed by atoms with van der Waals surface area (Å²) in [5.74, 6) is 12.5.